The molecule has 2 rings (SSSR count). The highest BCUT2D eigenvalue weighted by Gasteiger charge is 2.30. The zero-order chi connectivity index (χ0) is 12.4. The molecule has 1 aliphatic rings. The Balaban J connectivity index is 0.00000162. The Bertz CT molecular complexity index is 411. The molecule has 2 heterocycles. The predicted molar refractivity (Wildman–Crippen MR) is 75.9 cm³/mol. The van der Waals surface area contributed by atoms with E-state index in [1.807, 2.05) is 4.90 Å². The van der Waals surface area contributed by atoms with E-state index in [0.717, 1.165) is 19.4 Å². The topological polar surface area (TPSA) is 59.5 Å². The zero-order valence-electron chi connectivity index (χ0n) is 10.3. The number of hydrogen-bond acceptors (Lipinski definition) is 3. The molecule has 0 spiro atoms. The van der Waals surface area contributed by atoms with Crippen LogP contribution in [-0.2, 0) is 0 Å². The van der Waals surface area contributed by atoms with E-state index in [0.29, 0.717) is 22.9 Å². The van der Waals surface area contributed by atoms with E-state index >= 15 is 0 Å². The molecule has 1 fully saturated rings. The highest BCUT2D eigenvalue weighted by atomic mass is 79.9. The van der Waals surface area contributed by atoms with Crippen LogP contribution in [0.2, 0.25) is 0 Å². The number of rotatable bonds is 2. The average Bonchev–Trinajstić information content (AvgIpc) is 2.75. The number of furan rings is 1. The van der Waals surface area contributed by atoms with Gasteiger partial charge in [0.05, 0.1) is 0 Å². The largest absolute Gasteiger partial charge is 0.444 e. The number of nitrogens with zero attached hydrogens (tertiary/aromatic N) is 1. The third kappa shape index (κ3) is 3.28. The molecular weight excluding hydrogens is 320 g/mol. The highest BCUT2D eigenvalue weighted by Crippen LogP contribution is 2.24. The van der Waals surface area contributed by atoms with Crippen molar-refractivity contribution in [3.8, 4) is 0 Å². The van der Waals surface area contributed by atoms with Gasteiger partial charge in [-0.25, -0.2) is 0 Å². The minimum absolute atomic E-state index is 0. The maximum atomic E-state index is 12.2. The second kappa shape index (κ2) is 6.59. The van der Waals surface area contributed by atoms with Crippen LogP contribution >= 0.6 is 28.3 Å². The standard InChI is InChI=1S/C12H17BrN2O2.ClH/c1-8-4-5-15(9(6-8)7-14)12(16)10-2-3-11(13)17-10;/h2-3,8-9H,4-7,14H2,1H3;1H. The van der Waals surface area contributed by atoms with Gasteiger partial charge in [-0.15, -0.1) is 12.4 Å². The summed E-state index contributed by atoms with van der Waals surface area (Å²) in [7, 11) is 0. The summed E-state index contributed by atoms with van der Waals surface area (Å²) < 4.78 is 5.88. The second-order valence-corrected chi connectivity index (χ2v) is 5.40. The lowest BCUT2D eigenvalue weighted by Crippen LogP contribution is -2.49. The van der Waals surface area contributed by atoms with Gasteiger partial charge >= 0.3 is 0 Å². The third-order valence-electron chi connectivity index (χ3n) is 3.29. The normalized spacial score (nSPS) is 23.6. The number of amides is 1. The van der Waals surface area contributed by atoms with Crippen LogP contribution < -0.4 is 5.73 Å². The van der Waals surface area contributed by atoms with Crippen LogP contribution in [0.25, 0.3) is 0 Å². The molecule has 6 heteroatoms. The zero-order valence-corrected chi connectivity index (χ0v) is 12.7. The minimum Gasteiger partial charge on any atom is -0.444 e. The first-order valence-electron chi connectivity index (χ1n) is 5.88. The number of carbonyl (C=O) groups excluding carboxylic acids is 1. The number of likely N-dealkylation sites (tertiary alicyclic amines) is 1. The van der Waals surface area contributed by atoms with Gasteiger partial charge < -0.3 is 15.1 Å². The van der Waals surface area contributed by atoms with Crippen molar-refractivity contribution in [2.24, 2.45) is 11.7 Å². The molecule has 1 aliphatic heterocycles. The Hall–Kier alpha value is -0.520. The molecule has 1 aromatic heterocycles. The molecule has 0 aromatic carbocycles. The van der Waals surface area contributed by atoms with Gasteiger partial charge in [0.2, 0.25) is 0 Å². The van der Waals surface area contributed by atoms with E-state index in [1.165, 1.54) is 0 Å². The molecule has 1 amide bonds. The van der Waals surface area contributed by atoms with Crippen molar-refractivity contribution >= 4 is 34.2 Å². The third-order valence-corrected chi connectivity index (χ3v) is 3.72. The molecule has 102 valence electrons. The van der Waals surface area contributed by atoms with E-state index in [1.54, 1.807) is 12.1 Å². The lowest BCUT2D eigenvalue weighted by molar-refractivity contribution is 0.0540. The Kier molecular flexibility index (Phi) is 5.69. The molecule has 1 saturated heterocycles. The van der Waals surface area contributed by atoms with Crippen LogP contribution in [0.1, 0.15) is 30.3 Å². The molecule has 2 unspecified atom stereocenters. The van der Waals surface area contributed by atoms with Crippen molar-refractivity contribution in [3.63, 3.8) is 0 Å². The van der Waals surface area contributed by atoms with Crippen molar-refractivity contribution < 1.29 is 9.21 Å². The first kappa shape index (κ1) is 15.5. The van der Waals surface area contributed by atoms with Gasteiger partial charge in [-0.1, -0.05) is 6.92 Å². The summed E-state index contributed by atoms with van der Waals surface area (Å²) in [6, 6.07) is 3.56. The Morgan fingerprint density at radius 1 is 1.61 bits per heavy atom. The minimum atomic E-state index is -0.0574. The molecule has 0 radical (unpaired) electrons. The van der Waals surface area contributed by atoms with E-state index in [9.17, 15) is 4.79 Å². The quantitative estimate of drug-likeness (QED) is 0.902. The van der Waals surface area contributed by atoms with Crippen molar-refractivity contribution in [1.82, 2.24) is 4.90 Å². The highest BCUT2D eigenvalue weighted by molar-refractivity contribution is 9.10. The molecule has 0 bridgehead atoms. The first-order valence-corrected chi connectivity index (χ1v) is 6.67. The van der Waals surface area contributed by atoms with Gasteiger partial charge in [-0.2, -0.15) is 0 Å². The lowest BCUT2D eigenvalue weighted by atomic mass is 9.92. The summed E-state index contributed by atoms with van der Waals surface area (Å²) in [6.07, 6.45) is 2.01. The maximum Gasteiger partial charge on any atom is 0.289 e. The summed E-state index contributed by atoms with van der Waals surface area (Å²) in [5.74, 6) is 0.957. The van der Waals surface area contributed by atoms with Gasteiger partial charge in [0.15, 0.2) is 10.4 Å². The summed E-state index contributed by atoms with van der Waals surface area (Å²) in [5.41, 5.74) is 5.74. The lowest BCUT2D eigenvalue weighted by Gasteiger charge is -2.37. The van der Waals surface area contributed by atoms with Crippen LogP contribution in [0.3, 0.4) is 0 Å². The van der Waals surface area contributed by atoms with Gasteiger partial charge in [0, 0.05) is 19.1 Å². The van der Waals surface area contributed by atoms with Crippen molar-refractivity contribution in [2.45, 2.75) is 25.8 Å². The molecule has 0 aliphatic carbocycles. The average molecular weight is 338 g/mol. The van der Waals surface area contributed by atoms with Crippen LogP contribution in [0, 0.1) is 5.92 Å². The predicted octanol–water partition coefficient (Wildman–Crippen LogP) is 2.66. The second-order valence-electron chi connectivity index (χ2n) is 4.62. The molecule has 1 aromatic rings. The SMILES string of the molecule is CC1CCN(C(=O)c2ccc(Br)o2)C(CN)C1.Cl. The van der Waals surface area contributed by atoms with Crippen LogP contribution in [0.15, 0.2) is 21.2 Å². The molecule has 0 saturated carbocycles. The summed E-state index contributed by atoms with van der Waals surface area (Å²) in [4.78, 5) is 14.1. The number of carbonyl (C=O) groups is 1. The van der Waals surface area contributed by atoms with Crippen molar-refractivity contribution in [2.75, 3.05) is 13.1 Å². The van der Waals surface area contributed by atoms with E-state index in [2.05, 4.69) is 22.9 Å². The van der Waals surface area contributed by atoms with Gasteiger partial charge in [0.25, 0.3) is 5.91 Å². The van der Waals surface area contributed by atoms with Crippen LogP contribution in [0.5, 0.6) is 0 Å². The Morgan fingerprint density at radius 3 is 2.89 bits per heavy atom. The fourth-order valence-corrected chi connectivity index (χ4v) is 2.62. The van der Waals surface area contributed by atoms with Gasteiger partial charge in [-0.3, -0.25) is 4.79 Å². The smallest absolute Gasteiger partial charge is 0.289 e. The monoisotopic (exact) mass is 336 g/mol. The van der Waals surface area contributed by atoms with Gasteiger partial charge in [0.1, 0.15) is 0 Å². The van der Waals surface area contributed by atoms with Crippen LogP contribution in [0.4, 0.5) is 0 Å². The molecule has 4 nitrogen and oxygen atoms in total. The number of halogens is 2. The number of piperidine rings is 1. The first-order chi connectivity index (χ1) is 8.11. The number of hydrogen-bond donors (Lipinski definition) is 1. The number of nitrogens with two attached hydrogens (primary N) is 1. The van der Waals surface area contributed by atoms with Gasteiger partial charge in [-0.05, 0) is 46.8 Å². The Morgan fingerprint density at radius 2 is 2.33 bits per heavy atom. The summed E-state index contributed by atoms with van der Waals surface area (Å²) in [6.45, 7) is 3.48. The van der Waals surface area contributed by atoms with E-state index < -0.39 is 0 Å². The summed E-state index contributed by atoms with van der Waals surface area (Å²) >= 11 is 3.20. The van der Waals surface area contributed by atoms with Crippen molar-refractivity contribution in [3.05, 3.63) is 22.6 Å². The molecule has 2 N–H and O–H groups in total. The van der Waals surface area contributed by atoms with Crippen molar-refractivity contribution in [1.29, 1.82) is 0 Å². The molecular formula is C12H18BrClN2O2. The summed E-state index contributed by atoms with van der Waals surface area (Å²) in [5, 5.41) is 0. The molecule has 18 heavy (non-hydrogen) atoms. The van der Waals surface area contributed by atoms with E-state index in [4.69, 9.17) is 10.2 Å². The maximum absolute atomic E-state index is 12.2. The van der Waals surface area contributed by atoms with Crippen LogP contribution in [-0.4, -0.2) is 29.9 Å². The van der Waals surface area contributed by atoms with E-state index in [-0.39, 0.29) is 24.4 Å². The fourth-order valence-electron chi connectivity index (χ4n) is 2.31. The fraction of sp³-hybridized carbons (Fsp3) is 0.583. The molecule has 2 atom stereocenters. The Labute approximate surface area is 121 Å².